The molecule has 1 aliphatic heterocycles. The van der Waals surface area contributed by atoms with E-state index in [2.05, 4.69) is 12.0 Å². The minimum atomic E-state index is -0.172. The van der Waals surface area contributed by atoms with Crippen LogP contribution in [0.4, 0.5) is 0 Å². The van der Waals surface area contributed by atoms with Crippen LogP contribution >= 0.6 is 0 Å². The Labute approximate surface area is 123 Å². The predicted molar refractivity (Wildman–Crippen MR) is 81.3 cm³/mol. The second-order valence-corrected chi connectivity index (χ2v) is 5.67. The van der Waals surface area contributed by atoms with Gasteiger partial charge in [0.25, 0.3) is 11.5 Å². The summed E-state index contributed by atoms with van der Waals surface area (Å²) in [5, 5.41) is 5.41. The zero-order valence-electron chi connectivity index (χ0n) is 12.4. The van der Waals surface area contributed by atoms with Crippen LogP contribution in [-0.4, -0.2) is 33.2 Å². The van der Waals surface area contributed by atoms with Crippen molar-refractivity contribution in [2.45, 2.75) is 32.2 Å². The highest BCUT2D eigenvalue weighted by Crippen LogP contribution is 2.21. The molecule has 21 heavy (non-hydrogen) atoms. The molecule has 0 radical (unpaired) electrons. The van der Waals surface area contributed by atoms with Crippen molar-refractivity contribution in [3.8, 4) is 0 Å². The van der Waals surface area contributed by atoms with E-state index in [1.807, 2.05) is 17.0 Å². The fourth-order valence-corrected chi connectivity index (χ4v) is 2.99. The van der Waals surface area contributed by atoms with Crippen LogP contribution in [0.5, 0.6) is 0 Å². The molecule has 1 aromatic carbocycles. The Morgan fingerprint density at radius 2 is 1.95 bits per heavy atom. The lowest BCUT2D eigenvalue weighted by molar-refractivity contribution is 0.0629. The van der Waals surface area contributed by atoms with Crippen molar-refractivity contribution in [2.24, 2.45) is 7.05 Å². The van der Waals surface area contributed by atoms with Crippen LogP contribution in [0.1, 0.15) is 36.7 Å². The topological polar surface area (TPSA) is 55.2 Å². The zero-order chi connectivity index (χ0) is 15.0. The van der Waals surface area contributed by atoms with E-state index in [4.69, 9.17) is 0 Å². The van der Waals surface area contributed by atoms with Gasteiger partial charge in [0.15, 0.2) is 5.69 Å². The normalized spacial score (nSPS) is 19.0. The van der Waals surface area contributed by atoms with Gasteiger partial charge in [0.05, 0.1) is 5.39 Å². The molecule has 0 spiro atoms. The molecule has 1 atom stereocenters. The zero-order valence-corrected chi connectivity index (χ0v) is 12.4. The highest BCUT2D eigenvalue weighted by Gasteiger charge is 2.27. The number of hydrogen-bond donors (Lipinski definition) is 0. The predicted octanol–water partition coefficient (Wildman–Crippen LogP) is 1.95. The maximum Gasteiger partial charge on any atom is 0.275 e. The number of hydrogen-bond acceptors (Lipinski definition) is 3. The monoisotopic (exact) mass is 285 g/mol. The van der Waals surface area contributed by atoms with Crippen molar-refractivity contribution in [2.75, 3.05) is 6.54 Å². The molecule has 2 aromatic rings. The van der Waals surface area contributed by atoms with Gasteiger partial charge in [-0.2, -0.15) is 5.10 Å². The average molecular weight is 285 g/mol. The van der Waals surface area contributed by atoms with Gasteiger partial charge in [-0.25, -0.2) is 4.68 Å². The Morgan fingerprint density at radius 3 is 2.67 bits per heavy atom. The van der Waals surface area contributed by atoms with Gasteiger partial charge in [-0.15, -0.1) is 0 Å². The number of rotatable bonds is 1. The number of aryl methyl sites for hydroxylation is 1. The molecule has 1 amide bonds. The van der Waals surface area contributed by atoms with E-state index in [-0.39, 0.29) is 17.5 Å². The van der Waals surface area contributed by atoms with Crippen LogP contribution in [0.2, 0.25) is 0 Å². The highest BCUT2D eigenvalue weighted by molar-refractivity contribution is 6.04. The van der Waals surface area contributed by atoms with Gasteiger partial charge >= 0.3 is 0 Å². The van der Waals surface area contributed by atoms with Gasteiger partial charge in [-0.1, -0.05) is 18.2 Å². The van der Waals surface area contributed by atoms with E-state index in [0.29, 0.717) is 16.5 Å². The maximum absolute atomic E-state index is 12.8. The number of amides is 1. The summed E-state index contributed by atoms with van der Waals surface area (Å²) in [6, 6.07) is 7.41. The van der Waals surface area contributed by atoms with Crippen molar-refractivity contribution in [3.05, 3.63) is 40.3 Å². The molecular formula is C16H19N3O2. The van der Waals surface area contributed by atoms with Gasteiger partial charge in [0.2, 0.25) is 0 Å². The Bertz CT molecular complexity index is 751. The molecule has 1 saturated heterocycles. The molecule has 1 fully saturated rings. The first-order valence-corrected chi connectivity index (χ1v) is 7.36. The summed E-state index contributed by atoms with van der Waals surface area (Å²) in [5.74, 6) is -0.0750. The summed E-state index contributed by atoms with van der Waals surface area (Å²) >= 11 is 0. The molecule has 1 aromatic heterocycles. The Balaban J connectivity index is 2.14. The Hall–Kier alpha value is -2.17. The number of carbonyl (C=O) groups is 1. The van der Waals surface area contributed by atoms with Crippen LogP contribution in [0.25, 0.3) is 10.8 Å². The molecule has 2 heterocycles. The second kappa shape index (κ2) is 5.31. The lowest BCUT2D eigenvalue weighted by Gasteiger charge is -2.33. The molecule has 0 N–H and O–H groups in total. The molecule has 5 nitrogen and oxygen atoms in total. The van der Waals surface area contributed by atoms with E-state index >= 15 is 0 Å². The minimum absolute atomic E-state index is 0.0750. The van der Waals surface area contributed by atoms with Gasteiger partial charge in [-0.05, 0) is 32.3 Å². The first-order chi connectivity index (χ1) is 10.1. The summed E-state index contributed by atoms with van der Waals surface area (Å²) in [6.45, 7) is 2.83. The number of fused-ring (bicyclic) bond motifs is 1. The van der Waals surface area contributed by atoms with Gasteiger partial charge in [0.1, 0.15) is 0 Å². The van der Waals surface area contributed by atoms with Crippen LogP contribution in [-0.2, 0) is 7.05 Å². The van der Waals surface area contributed by atoms with Gasteiger partial charge in [-0.3, -0.25) is 9.59 Å². The lowest BCUT2D eigenvalue weighted by atomic mass is 10.0. The molecule has 110 valence electrons. The molecule has 5 heteroatoms. The van der Waals surface area contributed by atoms with Gasteiger partial charge in [0, 0.05) is 25.0 Å². The molecule has 1 unspecified atom stereocenters. The molecule has 0 saturated carbocycles. The number of aromatic nitrogens is 2. The van der Waals surface area contributed by atoms with Crippen molar-refractivity contribution in [1.82, 2.24) is 14.7 Å². The minimum Gasteiger partial charge on any atom is -0.335 e. The molecule has 1 aliphatic rings. The summed E-state index contributed by atoms with van der Waals surface area (Å²) < 4.78 is 1.25. The molecule has 3 rings (SSSR count). The fourth-order valence-electron chi connectivity index (χ4n) is 2.99. The number of piperidine rings is 1. The average Bonchev–Trinajstić information content (AvgIpc) is 2.51. The third-order valence-electron chi connectivity index (χ3n) is 4.22. The summed E-state index contributed by atoms with van der Waals surface area (Å²) in [5.41, 5.74) is 0.204. The van der Waals surface area contributed by atoms with Crippen LogP contribution in [0, 0.1) is 0 Å². The summed E-state index contributed by atoms with van der Waals surface area (Å²) in [7, 11) is 1.59. The highest BCUT2D eigenvalue weighted by atomic mass is 16.2. The number of benzene rings is 1. The SMILES string of the molecule is CC1CCCCN1C(=O)c1nn(C)c(=O)c2ccccc12. The Morgan fingerprint density at radius 1 is 1.24 bits per heavy atom. The van der Waals surface area contributed by atoms with E-state index in [9.17, 15) is 9.59 Å². The summed E-state index contributed by atoms with van der Waals surface area (Å²) in [6.07, 6.45) is 3.21. The maximum atomic E-state index is 12.8. The largest absolute Gasteiger partial charge is 0.335 e. The first kappa shape index (κ1) is 13.8. The second-order valence-electron chi connectivity index (χ2n) is 5.67. The van der Waals surface area contributed by atoms with Crippen molar-refractivity contribution in [3.63, 3.8) is 0 Å². The van der Waals surface area contributed by atoms with Crippen molar-refractivity contribution in [1.29, 1.82) is 0 Å². The van der Waals surface area contributed by atoms with E-state index in [0.717, 1.165) is 25.8 Å². The fraction of sp³-hybridized carbons (Fsp3) is 0.438. The van der Waals surface area contributed by atoms with Crippen LogP contribution < -0.4 is 5.56 Å². The summed E-state index contributed by atoms with van der Waals surface area (Å²) in [4.78, 5) is 26.8. The Kier molecular flexibility index (Phi) is 3.49. The smallest absolute Gasteiger partial charge is 0.275 e. The van der Waals surface area contributed by atoms with Gasteiger partial charge < -0.3 is 4.90 Å². The third kappa shape index (κ3) is 2.33. The van der Waals surface area contributed by atoms with Crippen molar-refractivity contribution >= 4 is 16.7 Å². The standard InChI is InChI=1S/C16H19N3O2/c1-11-7-5-6-10-19(11)16(21)14-12-8-3-4-9-13(12)15(20)18(2)17-14/h3-4,8-9,11H,5-7,10H2,1-2H3. The van der Waals surface area contributed by atoms with E-state index < -0.39 is 0 Å². The molecule has 0 bridgehead atoms. The van der Waals surface area contributed by atoms with E-state index in [1.54, 1.807) is 19.2 Å². The lowest BCUT2D eigenvalue weighted by Crippen LogP contribution is -2.43. The van der Waals surface area contributed by atoms with E-state index in [1.165, 1.54) is 4.68 Å². The van der Waals surface area contributed by atoms with Crippen molar-refractivity contribution < 1.29 is 4.79 Å². The molecular weight excluding hydrogens is 266 g/mol. The molecule has 0 aliphatic carbocycles. The third-order valence-corrected chi connectivity index (χ3v) is 4.22. The quantitative estimate of drug-likeness (QED) is 0.804. The first-order valence-electron chi connectivity index (χ1n) is 7.36. The van der Waals surface area contributed by atoms with Crippen LogP contribution in [0.3, 0.4) is 0 Å². The van der Waals surface area contributed by atoms with Crippen LogP contribution in [0.15, 0.2) is 29.1 Å². The number of carbonyl (C=O) groups excluding carboxylic acids is 1. The number of nitrogens with zero attached hydrogens (tertiary/aromatic N) is 3. The number of likely N-dealkylation sites (tertiary alicyclic amines) is 1.